The Morgan fingerprint density at radius 2 is 1.89 bits per heavy atom. The molecule has 0 atom stereocenters. The van der Waals surface area contributed by atoms with Crippen molar-refractivity contribution in [1.29, 1.82) is 0 Å². The topological polar surface area (TPSA) is 59.6 Å². The smallest absolute Gasteiger partial charge is 0.274 e. The number of carbonyl (C=O) groups is 1. The second-order valence-electron chi connectivity index (χ2n) is 7.02. The highest BCUT2D eigenvalue weighted by Gasteiger charge is 2.23. The molecule has 6 heteroatoms. The van der Waals surface area contributed by atoms with Crippen LogP contribution in [0.1, 0.15) is 28.5 Å². The summed E-state index contributed by atoms with van der Waals surface area (Å²) in [6.07, 6.45) is 1.71. The van der Waals surface area contributed by atoms with E-state index < -0.39 is 0 Å². The number of rotatable bonds is 3. The molecule has 142 valence electrons. The first kappa shape index (κ1) is 18.0. The number of aryl methyl sites for hydroxylation is 3. The van der Waals surface area contributed by atoms with Crippen LogP contribution in [0.15, 0.2) is 53.5 Å². The van der Waals surface area contributed by atoms with Crippen molar-refractivity contribution in [2.24, 2.45) is 7.05 Å². The summed E-state index contributed by atoms with van der Waals surface area (Å²) < 4.78 is 3.24. The largest absolute Gasteiger partial charge is 0.324 e. The van der Waals surface area contributed by atoms with Crippen LogP contribution in [0.25, 0.3) is 16.7 Å². The fourth-order valence-electron chi connectivity index (χ4n) is 3.61. The van der Waals surface area contributed by atoms with Crippen LogP contribution in [0, 0.1) is 13.8 Å². The Bertz CT molecular complexity index is 1280. The van der Waals surface area contributed by atoms with Crippen LogP contribution in [0.4, 0.5) is 5.69 Å². The Hall–Kier alpha value is -3.41. The number of fused-ring (bicyclic) bond motifs is 2. The Morgan fingerprint density at radius 1 is 1.11 bits per heavy atom. The summed E-state index contributed by atoms with van der Waals surface area (Å²) in [5, 5.41) is 0.439. The molecule has 6 nitrogen and oxygen atoms in total. The lowest BCUT2D eigenvalue weighted by molar-refractivity contribution is 0.0981. The molecule has 28 heavy (non-hydrogen) atoms. The molecule has 0 saturated heterocycles. The lowest BCUT2D eigenvalue weighted by Gasteiger charge is -2.21. The number of nitrogens with zero attached hydrogens (tertiary/aromatic N) is 4. The van der Waals surface area contributed by atoms with Gasteiger partial charge in [0, 0.05) is 25.5 Å². The molecule has 3 heterocycles. The molecule has 4 rings (SSSR count). The van der Waals surface area contributed by atoms with Gasteiger partial charge in [0.2, 0.25) is 0 Å². The molecule has 0 bridgehead atoms. The second-order valence-corrected chi connectivity index (χ2v) is 7.02. The van der Waals surface area contributed by atoms with E-state index in [9.17, 15) is 9.59 Å². The van der Waals surface area contributed by atoms with Crippen molar-refractivity contribution in [2.75, 3.05) is 11.4 Å². The maximum Gasteiger partial charge on any atom is 0.274 e. The SMILES string of the molecule is CCN(C(=O)c1cc2c(=O)n3cccc(C)c3nc2n1C)c1cccc(C)c1. The zero-order valence-electron chi connectivity index (χ0n) is 16.4. The lowest BCUT2D eigenvalue weighted by Crippen LogP contribution is -2.32. The lowest BCUT2D eigenvalue weighted by atomic mass is 10.2. The van der Waals surface area contributed by atoms with Crippen LogP contribution < -0.4 is 10.5 Å². The minimum atomic E-state index is -0.169. The number of benzene rings is 1. The minimum Gasteiger partial charge on any atom is -0.324 e. The monoisotopic (exact) mass is 374 g/mol. The van der Waals surface area contributed by atoms with E-state index in [1.54, 1.807) is 28.8 Å². The van der Waals surface area contributed by atoms with E-state index in [1.165, 1.54) is 4.40 Å². The summed E-state index contributed by atoms with van der Waals surface area (Å²) in [4.78, 5) is 32.7. The highest BCUT2D eigenvalue weighted by Crippen LogP contribution is 2.22. The highest BCUT2D eigenvalue weighted by molar-refractivity contribution is 6.07. The van der Waals surface area contributed by atoms with E-state index in [-0.39, 0.29) is 11.5 Å². The van der Waals surface area contributed by atoms with Crippen LogP contribution in [0.5, 0.6) is 0 Å². The number of pyridine rings is 1. The van der Waals surface area contributed by atoms with Gasteiger partial charge < -0.3 is 9.47 Å². The summed E-state index contributed by atoms with van der Waals surface area (Å²) in [5.74, 6) is -0.154. The van der Waals surface area contributed by atoms with Crippen molar-refractivity contribution in [2.45, 2.75) is 20.8 Å². The first-order valence-electron chi connectivity index (χ1n) is 9.28. The van der Waals surface area contributed by atoms with Crippen molar-refractivity contribution in [3.05, 3.63) is 75.8 Å². The third kappa shape index (κ3) is 2.69. The Balaban J connectivity index is 1.91. The normalized spacial score (nSPS) is 11.3. The number of hydrogen-bond acceptors (Lipinski definition) is 3. The van der Waals surface area contributed by atoms with Gasteiger partial charge >= 0.3 is 0 Å². The van der Waals surface area contributed by atoms with Crippen molar-refractivity contribution in [3.8, 4) is 0 Å². The van der Waals surface area contributed by atoms with Gasteiger partial charge in [0.1, 0.15) is 17.0 Å². The quantitative estimate of drug-likeness (QED) is 0.552. The highest BCUT2D eigenvalue weighted by atomic mass is 16.2. The van der Waals surface area contributed by atoms with Crippen LogP contribution >= 0.6 is 0 Å². The maximum absolute atomic E-state index is 13.3. The zero-order chi connectivity index (χ0) is 20.0. The second kappa shape index (κ2) is 6.64. The van der Waals surface area contributed by atoms with E-state index >= 15 is 0 Å². The van der Waals surface area contributed by atoms with Crippen molar-refractivity contribution < 1.29 is 4.79 Å². The van der Waals surface area contributed by atoms with E-state index in [1.807, 2.05) is 57.2 Å². The third-order valence-corrected chi connectivity index (χ3v) is 5.12. The predicted molar refractivity (Wildman–Crippen MR) is 111 cm³/mol. The molecule has 0 unspecified atom stereocenters. The third-order valence-electron chi connectivity index (χ3n) is 5.12. The number of amides is 1. The van der Waals surface area contributed by atoms with Gasteiger partial charge in [0.15, 0.2) is 0 Å². The van der Waals surface area contributed by atoms with E-state index in [0.717, 1.165) is 16.8 Å². The summed E-state index contributed by atoms with van der Waals surface area (Å²) in [5.41, 5.74) is 4.22. The molecular weight excluding hydrogens is 352 g/mol. The maximum atomic E-state index is 13.3. The van der Waals surface area contributed by atoms with Gasteiger partial charge in [0.25, 0.3) is 11.5 Å². The van der Waals surface area contributed by atoms with Crippen molar-refractivity contribution in [3.63, 3.8) is 0 Å². The average molecular weight is 374 g/mol. The van der Waals surface area contributed by atoms with Crippen LogP contribution in [0.2, 0.25) is 0 Å². The minimum absolute atomic E-state index is 0.154. The van der Waals surface area contributed by atoms with Crippen LogP contribution in [-0.2, 0) is 7.05 Å². The predicted octanol–water partition coefficient (Wildman–Crippen LogP) is 3.47. The van der Waals surface area contributed by atoms with Gasteiger partial charge in [-0.3, -0.25) is 14.0 Å². The van der Waals surface area contributed by atoms with Gasteiger partial charge in [-0.25, -0.2) is 4.98 Å². The summed E-state index contributed by atoms with van der Waals surface area (Å²) in [6.45, 7) is 6.38. The number of carbonyl (C=O) groups excluding carboxylic acids is 1. The number of hydrogen-bond donors (Lipinski definition) is 0. The van der Waals surface area contributed by atoms with Gasteiger partial charge in [-0.2, -0.15) is 0 Å². The van der Waals surface area contributed by atoms with Gasteiger partial charge in [-0.05, 0) is 56.2 Å². The molecule has 0 aliphatic heterocycles. The molecular formula is C22H22N4O2. The molecule has 0 aliphatic carbocycles. The Kier molecular flexibility index (Phi) is 4.26. The molecule has 1 aromatic carbocycles. The molecule has 0 saturated carbocycles. The van der Waals surface area contributed by atoms with Crippen molar-refractivity contribution >= 4 is 28.3 Å². The standard InChI is InChI=1S/C22H22N4O2/c1-5-25(16-10-6-8-14(2)12-16)22(28)18-13-17-20(24(18)4)23-19-15(3)9-7-11-26(19)21(17)27/h6-13H,5H2,1-4H3. The molecule has 0 spiro atoms. The van der Waals surface area contributed by atoms with Crippen LogP contribution in [-0.4, -0.2) is 26.4 Å². The van der Waals surface area contributed by atoms with Crippen molar-refractivity contribution in [1.82, 2.24) is 14.0 Å². The van der Waals surface area contributed by atoms with E-state index in [0.29, 0.717) is 28.9 Å². The van der Waals surface area contributed by atoms with Gasteiger partial charge in [0.05, 0.1) is 5.39 Å². The Labute approximate surface area is 162 Å². The Morgan fingerprint density at radius 3 is 2.61 bits per heavy atom. The first-order valence-corrected chi connectivity index (χ1v) is 9.28. The summed E-state index contributed by atoms with van der Waals surface area (Å²) in [7, 11) is 1.78. The fraction of sp³-hybridized carbons (Fsp3) is 0.227. The van der Waals surface area contributed by atoms with Crippen LogP contribution in [0.3, 0.4) is 0 Å². The fourth-order valence-corrected chi connectivity index (χ4v) is 3.61. The molecule has 0 radical (unpaired) electrons. The molecule has 0 fully saturated rings. The zero-order valence-corrected chi connectivity index (χ0v) is 16.4. The van der Waals surface area contributed by atoms with Gasteiger partial charge in [-0.1, -0.05) is 18.2 Å². The molecule has 0 N–H and O–H groups in total. The first-order chi connectivity index (χ1) is 13.4. The molecule has 4 aromatic rings. The van der Waals surface area contributed by atoms with E-state index in [4.69, 9.17) is 0 Å². The molecule has 3 aromatic heterocycles. The summed E-state index contributed by atoms with van der Waals surface area (Å²) in [6, 6.07) is 13.2. The molecule has 1 amide bonds. The number of aromatic nitrogens is 3. The van der Waals surface area contributed by atoms with E-state index in [2.05, 4.69) is 4.98 Å². The van der Waals surface area contributed by atoms with Gasteiger partial charge in [-0.15, -0.1) is 0 Å². The summed E-state index contributed by atoms with van der Waals surface area (Å²) >= 11 is 0. The average Bonchev–Trinajstić information content (AvgIpc) is 3.01. The number of anilines is 1. The molecule has 0 aliphatic rings.